The van der Waals surface area contributed by atoms with E-state index in [0.717, 1.165) is 12.8 Å². The van der Waals surface area contributed by atoms with Crippen molar-refractivity contribution in [2.45, 2.75) is 25.7 Å². The normalized spacial score (nSPS) is 33.1. The molecule has 0 aliphatic heterocycles. The lowest BCUT2D eigenvalue weighted by Gasteiger charge is -2.45. The van der Waals surface area contributed by atoms with E-state index in [1.165, 1.54) is 0 Å². The monoisotopic (exact) mass is 248 g/mol. The molecule has 3 aliphatic carbocycles. The Morgan fingerprint density at radius 3 is 1.56 bits per heavy atom. The van der Waals surface area contributed by atoms with E-state index in [1.807, 2.05) is 0 Å². The Bertz CT molecular complexity index is 433. The van der Waals surface area contributed by atoms with Crippen LogP contribution in [0.4, 0.5) is 0 Å². The molecule has 18 heavy (non-hydrogen) atoms. The lowest BCUT2D eigenvalue weighted by atomic mass is 9.59. The minimum atomic E-state index is -0.429. The highest BCUT2D eigenvalue weighted by Gasteiger charge is 2.46. The number of amides is 2. The Kier molecular flexibility index (Phi) is 3.50. The van der Waals surface area contributed by atoms with Crippen LogP contribution in [-0.4, -0.2) is 11.8 Å². The van der Waals surface area contributed by atoms with Gasteiger partial charge in [-0.05, 0) is 58.8 Å². The van der Waals surface area contributed by atoms with Gasteiger partial charge in [-0.15, -0.1) is 0 Å². The van der Waals surface area contributed by atoms with Gasteiger partial charge in [0, 0.05) is 21.7 Å². The topological polar surface area (TPSA) is 132 Å². The minimum Gasteiger partial charge on any atom is -0.292 e. The molecule has 3 aliphatic rings. The van der Waals surface area contributed by atoms with Crippen molar-refractivity contribution in [3.8, 4) is 0 Å². The van der Waals surface area contributed by atoms with Crippen molar-refractivity contribution < 1.29 is 9.59 Å². The number of hydrogen-bond donors (Lipinski definition) is 0. The number of fused-ring (bicyclic) bond motifs is 3. The van der Waals surface area contributed by atoms with Gasteiger partial charge in [0.1, 0.15) is 0 Å². The summed E-state index contributed by atoms with van der Waals surface area (Å²) in [6.07, 6.45) is 2.84. The molecule has 94 valence electrons. The Balaban J connectivity index is 2.12. The third-order valence-electron chi connectivity index (χ3n) is 4.08. The first-order valence-electron chi connectivity index (χ1n) is 5.85. The third kappa shape index (κ3) is 2.16. The Morgan fingerprint density at radius 1 is 0.889 bits per heavy atom. The standard InChI is InChI=1S/C10H12N6O2/c11-15-13-9(17)7-4-6-2-1-5(7)3-8(6)10(18)14-16-12/h5-8H,1-4H2/t5-,6-,7-,8-/m1/s1. The van der Waals surface area contributed by atoms with Gasteiger partial charge < -0.3 is 0 Å². The number of hydrogen-bond acceptors (Lipinski definition) is 2. The SMILES string of the molecule is [N-]=[N+]=NC(=O)[C@@H]1C[C@H]2CC[C@@H]1C[C@H]2C(=O)N=[N+]=[N-]. The fourth-order valence-corrected chi connectivity index (χ4v) is 3.27. The van der Waals surface area contributed by atoms with E-state index >= 15 is 0 Å². The molecule has 8 heteroatoms. The molecule has 0 N–H and O–H groups in total. The summed E-state index contributed by atoms with van der Waals surface area (Å²) in [7, 11) is 0. The smallest absolute Gasteiger partial charge is 0.222 e. The van der Waals surface area contributed by atoms with Crippen LogP contribution in [-0.2, 0) is 9.59 Å². The molecule has 0 radical (unpaired) electrons. The molecule has 2 amide bonds. The summed E-state index contributed by atoms with van der Waals surface area (Å²) >= 11 is 0. The first-order valence-corrected chi connectivity index (χ1v) is 5.85. The van der Waals surface area contributed by atoms with E-state index < -0.39 is 11.8 Å². The van der Waals surface area contributed by atoms with Crippen molar-refractivity contribution in [1.29, 1.82) is 0 Å². The van der Waals surface area contributed by atoms with Crippen molar-refractivity contribution in [2.24, 2.45) is 33.9 Å². The van der Waals surface area contributed by atoms with Crippen molar-refractivity contribution in [3.05, 3.63) is 20.9 Å². The quantitative estimate of drug-likeness (QED) is 0.422. The highest BCUT2D eigenvalue weighted by atomic mass is 16.2. The molecule has 0 aromatic carbocycles. The number of nitrogens with zero attached hydrogens (tertiary/aromatic N) is 6. The number of carbonyl (C=O) groups is 2. The van der Waals surface area contributed by atoms with Gasteiger partial charge in [-0.2, -0.15) is 0 Å². The molecule has 0 aromatic heterocycles. The molecule has 0 unspecified atom stereocenters. The maximum atomic E-state index is 11.6. The van der Waals surface area contributed by atoms with Crippen molar-refractivity contribution >= 4 is 11.8 Å². The van der Waals surface area contributed by atoms with E-state index in [4.69, 9.17) is 11.1 Å². The fourth-order valence-electron chi connectivity index (χ4n) is 3.27. The van der Waals surface area contributed by atoms with Crippen LogP contribution in [0.15, 0.2) is 10.2 Å². The summed E-state index contributed by atoms with van der Waals surface area (Å²) in [5.41, 5.74) is 16.6. The average molecular weight is 248 g/mol. The Labute approximate surface area is 103 Å². The van der Waals surface area contributed by atoms with Crippen LogP contribution >= 0.6 is 0 Å². The second kappa shape index (κ2) is 5.08. The number of rotatable bonds is 2. The molecular formula is C10H12N6O2. The van der Waals surface area contributed by atoms with Crippen LogP contribution in [0.3, 0.4) is 0 Å². The third-order valence-corrected chi connectivity index (χ3v) is 4.08. The van der Waals surface area contributed by atoms with E-state index in [0.29, 0.717) is 12.8 Å². The van der Waals surface area contributed by atoms with Crippen LogP contribution in [0.25, 0.3) is 20.9 Å². The summed E-state index contributed by atoms with van der Waals surface area (Å²) in [4.78, 5) is 28.2. The fraction of sp³-hybridized carbons (Fsp3) is 0.800. The molecule has 4 atom stereocenters. The lowest BCUT2D eigenvalue weighted by Crippen LogP contribution is -2.43. The van der Waals surface area contributed by atoms with E-state index in [1.54, 1.807) is 0 Å². The van der Waals surface area contributed by atoms with Crippen LogP contribution in [0.5, 0.6) is 0 Å². The van der Waals surface area contributed by atoms with E-state index in [-0.39, 0.29) is 23.7 Å². The van der Waals surface area contributed by atoms with Gasteiger partial charge in [0.2, 0.25) is 11.8 Å². The second-order valence-corrected chi connectivity index (χ2v) is 4.84. The molecule has 0 spiro atoms. The first-order chi connectivity index (χ1) is 8.67. The second-order valence-electron chi connectivity index (χ2n) is 4.84. The summed E-state index contributed by atoms with van der Waals surface area (Å²) in [5.74, 6) is -1.26. The summed E-state index contributed by atoms with van der Waals surface area (Å²) in [5, 5.41) is 6.30. The van der Waals surface area contributed by atoms with Gasteiger partial charge in [0.25, 0.3) is 0 Å². The van der Waals surface area contributed by atoms with Crippen molar-refractivity contribution in [1.82, 2.24) is 0 Å². The van der Waals surface area contributed by atoms with Gasteiger partial charge >= 0.3 is 0 Å². The molecule has 8 nitrogen and oxygen atoms in total. The molecular weight excluding hydrogens is 236 g/mol. The lowest BCUT2D eigenvalue weighted by molar-refractivity contribution is -0.135. The van der Waals surface area contributed by atoms with Crippen LogP contribution in [0.2, 0.25) is 0 Å². The molecule has 3 saturated carbocycles. The van der Waals surface area contributed by atoms with Gasteiger partial charge in [0.15, 0.2) is 0 Å². The molecule has 0 heterocycles. The van der Waals surface area contributed by atoms with Crippen molar-refractivity contribution in [3.63, 3.8) is 0 Å². The predicted molar refractivity (Wildman–Crippen MR) is 60.7 cm³/mol. The molecule has 0 aromatic rings. The first kappa shape index (κ1) is 12.4. The largest absolute Gasteiger partial charge is 0.292 e. The van der Waals surface area contributed by atoms with Gasteiger partial charge in [-0.3, -0.25) is 9.59 Å². The number of carbonyl (C=O) groups excluding carboxylic acids is 2. The molecule has 2 bridgehead atoms. The maximum absolute atomic E-state index is 11.6. The maximum Gasteiger partial charge on any atom is 0.222 e. The molecule has 0 saturated heterocycles. The van der Waals surface area contributed by atoms with Gasteiger partial charge in [-0.25, -0.2) is 0 Å². The number of azide groups is 2. The van der Waals surface area contributed by atoms with Crippen LogP contribution < -0.4 is 0 Å². The van der Waals surface area contributed by atoms with Crippen molar-refractivity contribution in [2.75, 3.05) is 0 Å². The minimum absolute atomic E-state index is 0.0656. The highest BCUT2D eigenvalue weighted by molar-refractivity contribution is 5.82. The van der Waals surface area contributed by atoms with Gasteiger partial charge in [0.05, 0.1) is 0 Å². The zero-order valence-corrected chi connectivity index (χ0v) is 9.64. The van der Waals surface area contributed by atoms with Gasteiger partial charge in [-0.1, -0.05) is 0 Å². The Hall–Kier alpha value is -2.04. The zero-order chi connectivity index (χ0) is 13.1. The summed E-state index contributed by atoms with van der Waals surface area (Å²) in [6.45, 7) is 0. The summed E-state index contributed by atoms with van der Waals surface area (Å²) < 4.78 is 0. The molecule has 3 rings (SSSR count). The molecule has 3 fully saturated rings. The average Bonchev–Trinajstić information content (AvgIpc) is 2.39. The Morgan fingerprint density at radius 2 is 1.28 bits per heavy atom. The van der Waals surface area contributed by atoms with Crippen LogP contribution in [0.1, 0.15) is 25.7 Å². The highest BCUT2D eigenvalue weighted by Crippen LogP contribution is 2.49. The van der Waals surface area contributed by atoms with E-state index in [2.05, 4.69) is 20.1 Å². The zero-order valence-electron chi connectivity index (χ0n) is 9.64. The van der Waals surface area contributed by atoms with E-state index in [9.17, 15) is 9.59 Å². The van der Waals surface area contributed by atoms with Crippen LogP contribution in [0, 0.1) is 23.7 Å². The predicted octanol–water partition coefficient (Wildman–Crippen LogP) is 2.71. The summed E-state index contributed by atoms with van der Waals surface area (Å²) in [6, 6.07) is 0.